The SMILES string of the molecule is CC(C)S(=O)(=O)N(C)C1CCC(=O)CC1. The topological polar surface area (TPSA) is 54.5 Å². The lowest BCUT2D eigenvalue weighted by Crippen LogP contribution is -2.42. The van der Waals surface area contributed by atoms with Crippen LogP contribution in [0.5, 0.6) is 0 Å². The Morgan fingerprint density at radius 1 is 1.27 bits per heavy atom. The summed E-state index contributed by atoms with van der Waals surface area (Å²) in [6, 6.07) is 0.00935. The number of nitrogens with zero attached hydrogens (tertiary/aromatic N) is 1. The molecule has 4 nitrogen and oxygen atoms in total. The molecule has 0 aromatic heterocycles. The fraction of sp³-hybridized carbons (Fsp3) is 0.900. The van der Waals surface area contributed by atoms with E-state index in [4.69, 9.17) is 0 Å². The molecule has 0 saturated heterocycles. The van der Waals surface area contributed by atoms with E-state index in [-0.39, 0.29) is 17.1 Å². The fourth-order valence-electron chi connectivity index (χ4n) is 1.83. The molecule has 0 N–H and O–H groups in total. The van der Waals surface area contributed by atoms with Crippen LogP contribution in [-0.4, -0.2) is 36.8 Å². The number of sulfonamides is 1. The van der Waals surface area contributed by atoms with Crippen LogP contribution in [0.25, 0.3) is 0 Å². The molecule has 1 fully saturated rings. The quantitative estimate of drug-likeness (QED) is 0.735. The summed E-state index contributed by atoms with van der Waals surface area (Å²) < 4.78 is 25.2. The second-order valence-corrected chi connectivity index (χ2v) is 6.93. The van der Waals surface area contributed by atoms with Gasteiger partial charge in [-0.1, -0.05) is 0 Å². The third-order valence-corrected chi connectivity index (χ3v) is 5.32. The molecule has 0 bridgehead atoms. The van der Waals surface area contributed by atoms with Crippen molar-refractivity contribution in [2.75, 3.05) is 7.05 Å². The zero-order valence-electron chi connectivity index (χ0n) is 9.56. The highest BCUT2D eigenvalue weighted by atomic mass is 32.2. The third-order valence-electron chi connectivity index (χ3n) is 3.02. The molecule has 88 valence electrons. The van der Waals surface area contributed by atoms with Crippen molar-refractivity contribution in [1.82, 2.24) is 4.31 Å². The minimum Gasteiger partial charge on any atom is -0.300 e. The van der Waals surface area contributed by atoms with Gasteiger partial charge in [-0.25, -0.2) is 12.7 Å². The normalized spacial score (nSPS) is 20.2. The highest BCUT2D eigenvalue weighted by Crippen LogP contribution is 2.22. The van der Waals surface area contributed by atoms with Crippen molar-refractivity contribution >= 4 is 15.8 Å². The first-order chi connectivity index (χ1) is 6.85. The lowest BCUT2D eigenvalue weighted by molar-refractivity contribution is -0.120. The lowest BCUT2D eigenvalue weighted by atomic mass is 9.95. The Hall–Kier alpha value is -0.420. The van der Waals surface area contributed by atoms with Gasteiger partial charge in [0.15, 0.2) is 0 Å². The predicted molar refractivity (Wildman–Crippen MR) is 59.1 cm³/mol. The number of carbonyl (C=O) groups is 1. The number of carbonyl (C=O) groups excluding carboxylic acids is 1. The molecule has 0 aliphatic heterocycles. The van der Waals surface area contributed by atoms with Gasteiger partial charge in [-0.05, 0) is 26.7 Å². The van der Waals surface area contributed by atoms with Crippen LogP contribution in [0.4, 0.5) is 0 Å². The van der Waals surface area contributed by atoms with Crippen molar-refractivity contribution in [3.8, 4) is 0 Å². The van der Waals surface area contributed by atoms with Crippen molar-refractivity contribution in [1.29, 1.82) is 0 Å². The summed E-state index contributed by atoms with van der Waals surface area (Å²) in [7, 11) is -1.55. The molecular weight excluding hydrogens is 214 g/mol. The standard InChI is InChI=1S/C10H19NO3S/c1-8(2)15(13,14)11(3)9-4-6-10(12)7-5-9/h8-9H,4-7H2,1-3H3. The minimum absolute atomic E-state index is 0.00935. The highest BCUT2D eigenvalue weighted by molar-refractivity contribution is 7.89. The lowest BCUT2D eigenvalue weighted by Gasteiger charge is -2.31. The summed E-state index contributed by atoms with van der Waals surface area (Å²) >= 11 is 0. The van der Waals surface area contributed by atoms with E-state index >= 15 is 0 Å². The van der Waals surface area contributed by atoms with Crippen molar-refractivity contribution < 1.29 is 13.2 Å². The molecule has 0 heterocycles. The number of Topliss-reactive ketones (excluding diaryl/α,β-unsaturated/α-hetero) is 1. The van der Waals surface area contributed by atoms with Gasteiger partial charge in [0.05, 0.1) is 5.25 Å². The van der Waals surface area contributed by atoms with Crippen LogP contribution < -0.4 is 0 Å². The maximum Gasteiger partial charge on any atom is 0.216 e. The largest absolute Gasteiger partial charge is 0.300 e. The molecule has 0 unspecified atom stereocenters. The van der Waals surface area contributed by atoms with E-state index < -0.39 is 10.0 Å². The summed E-state index contributed by atoms with van der Waals surface area (Å²) in [5.41, 5.74) is 0. The average Bonchev–Trinajstić information content (AvgIpc) is 2.17. The Morgan fingerprint density at radius 2 is 1.73 bits per heavy atom. The van der Waals surface area contributed by atoms with Crippen LogP contribution >= 0.6 is 0 Å². The number of hydrogen-bond donors (Lipinski definition) is 0. The predicted octanol–water partition coefficient (Wildman–Crippen LogP) is 1.17. The van der Waals surface area contributed by atoms with Crippen LogP contribution in [0, 0.1) is 0 Å². The van der Waals surface area contributed by atoms with Crippen LogP contribution in [0.1, 0.15) is 39.5 Å². The van der Waals surface area contributed by atoms with Gasteiger partial charge in [-0.3, -0.25) is 4.79 Å². The summed E-state index contributed by atoms with van der Waals surface area (Å²) in [5.74, 6) is 0.251. The summed E-state index contributed by atoms with van der Waals surface area (Å²) in [5, 5.41) is -0.389. The first-order valence-corrected chi connectivity index (χ1v) is 6.84. The second-order valence-electron chi connectivity index (χ2n) is 4.38. The van der Waals surface area contributed by atoms with Gasteiger partial charge in [-0.15, -0.1) is 0 Å². The molecule has 0 radical (unpaired) electrons. The van der Waals surface area contributed by atoms with E-state index in [0.29, 0.717) is 25.7 Å². The fourth-order valence-corrected chi connectivity index (χ4v) is 3.12. The number of rotatable bonds is 3. The second kappa shape index (κ2) is 4.61. The average molecular weight is 233 g/mol. The van der Waals surface area contributed by atoms with Crippen molar-refractivity contribution in [2.24, 2.45) is 0 Å². The molecular formula is C10H19NO3S. The van der Waals surface area contributed by atoms with Gasteiger partial charge in [0.1, 0.15) is 5.78 Å². The zero-order chi connectivity index (χ0) is 11.6. The van der Waals surface area contributed by atoms with E-state index in [1.54, 1.807) is 20.9 Å². The van der Waals surface area contributed by atoms with Crippen molar-refractivity contribution in [2.45, 2.75) is 50.8 Å². The summed E-state index contributed by atoms with van der Waals surface area (Å²) in [4.78, 5) is 11.0. The Bertz CT molecular complexity index is 325. The molecule has 5 heteroatoms. The van der Waals surface area contributed by atoms with Crippen LogP contribution in [0.3, 0.4) is 0 Å². The maximum absolute atomic E-state index is 11.9. The molecule has 1 aliphatic rings. The molecule has 0 aromatic rings. The van der Waals surface area contributed by atoms with Gasteiger partial charge >= 0.3 is 0 Å². The Kier molecular flexibility index (Phi) is 3.89. The third kappa shape index (κ3) is 2.78. The Labute approximate surface area is 91.7 Å². The van der Waals surface area contributed by atoms with Crippen molar-refractivity contribution in [3.63, 3.8) is 0 Å². The van der Waals surface area contributed by atoms with Gasteiger partial charge < -0.3 is 0 Å². The summed E-state index contributed by atoms with van der Waals surface area (Å²) in [6.07, 6.45) is 2.37. The molecule has 1 aliphatic carbocycles. The zero-order valence-corrected chi connectivity index (χ0v) is 10.4. The molecule has 0 aromatic carbocycles. The summed E-state index contributed by atoms with van der Waals surface area (Å²) in [6.45, 7) is 3.36. The van der Waals surface area contributed by atoms with Crippen LogP contribution in [-0.2, 0) is 14.8 Å². The van der Waals surface area contributed by atoms with E-state index in [1.165, 1.54) is 4.31 Å². The van der Waals surface area contributed by atoms with E-state index in [2.05, 4.69) is 0 Å². The Morgan fingerprint density at radius 3 is 2.13 bits per heavy atom. The van der Waals surface area contributed by atoms with Crippen LogP contribution in [0.15, 0.2) is 0 Å². The van der Waals surface area contributed by atoms with Crippen LogP contribution in [0.2, 0.25) is 0 Å². The molecule has 15 heavy (non-hydrogen) atoms. The first kappa shape index (κ1) is 12.6. The molecule has 1 rings (SSSR count). The van der Waals surface area contributed by atoms with Gasteiger partial charge in [0.25, 0.3) is 0 Å². The van der Waals surface area contributed by atoms with E-state index in [0.717, 1.165) is 0 Å². The highest BCUT2D eigenvalue weighted by Gasteiger charge is 2.31. The van der Waals surface area contributed by atoms with E-state index in [9.17, 15) is 13.2 Å². The van der Waals surface area contributed by atoms with E-state index in [1.807, 2.05) is 0 Å². The number of ketones is 1. The van der Waals surface area contributed by atoms with Gasteiger partial charge in [0, 0.05) is 25.9 Å². The maximum atomic E-state index is 11.9. The van der Waals surface area contributed by atoms with Gasteiger partial charge in [-0.2, -0.15) is 0 Å². The molecule has 0 amide bonds. The minimum atomic E-state index is -3.17. The number of hydrogen-bond acceptors (Lipinski definition) is 3. The Balaban J connectivity index is 2.69. The monoisotopic (exact) mass is 233 g/mol. The van der Waals surface area contributed by atoms with Gasteiger partial charge in [0.2, 0.25) is 10.0 Å². The smallest absolute Gasteiger partial charge is 0.216 e. The van der Waals surface area contributed by atoms with Crippen molar-refractivity contribution in [3.05, 3.63) is 0 Å². The molecule has 1 saturated carbocycles. The molecule has 0 spiro atoms. The molecule has 0 atom stereocenters. The first-order valence-electron chi connectivity index (χ1n) is 5.34.